The first-order chi connectivity index (χ1) is 13.6. The van der Waals surface area contributed by atoms with E-state index in [1.165, 1.54) is 4.90 Å². The Morgan fingerprint density at radius 3 is 2.61 bits per heavy atom. The van der Waals surface area contributed by atoms with E-state index in [1.807, 2.05) is 29.0 Å². The summed E-state index contributed by atoms with van der Waals surface area (Å²) >= 11 is 1.69. The van der Waals surface area contributed by atoms with E-state index in [9.17, 15) is 4.79 Å². The van der Waals surface area contributed by atoms with Gasteiger partial charge in [-0.15, -0.1) is 11.8 Å². The number of carbonyl (C=O) groups excluding carboxylic acids is 1. The molecule has 0 unspecified atom stereocenters. The van der Waals surface area contributed by atoms with Crippen LogP contribution < -0.4 is 14.8 Å². The van der Waals surface area contributed by atoms with Crippen molar-refractivity contribution in [2.24, 2.45) is 0 Å². The van der Waals surface area contributed by atoms with Gasteiger partial charge in [-0.25, -0.2) is 4.98 Å². The number of rotatable bonds is 5. The number of hydrogen-bond donors (Lipinski definition) is 1. The molecule has 1 aliphatic rings. The number of anilines is 1. The van der Waals surface area contributed by atoms with E-state index in [4.69, 9.17) is 9.47 Å². The lowest BCUT2D eigenvalue weighted by Crippen LogP contribution is -2.25. The first-order valence-electron chi connectivity index (χ1n) is 8.88. The van der Waals surface area contributed by atoms with Gasteiger partial charge in [-0.1, -0.05) is 12.1 Å². The average molecular weight is 395 g/mol. The Hall–Kier alpha value is -2.93. The maximum absolute atomic E-state index is 12.5. The van der Waals surface area contributed by atoms with Crippen LogP contribution in [-0.4, -0.2) is 35.9 Å². The lowest BCUT2D eigenvalue weighted by atomic mass is 9.90. The largest absolute Gasteiger partial charge is 0.497 e. The summed E-state index contributed by atoms with van der Waals surface area (Å²) in [4.78, 5) is 18.3. The number of ether oxygens (including phenoxy) is 2. The van der Waals surface area contributed by atoms with E-state index in [-0.39, 0.29) is 11.8 Å². The normalized spacial score (nSPS) is 15.7. The maximum Gasteiger partial charge on any atom is 0.226 e. The number of nitrogens with zero attached hydrogens (tertiary/aromatic N) is 2. The van der Waals surface area contributed by atoms with Crippen molar-refractivity contribution in [3.05, 3.63) is 60.0 Å². The minimum Gasteiger partial charge on any atom is -0.497 e. The van der Waals surface area contributed by atoms with E-state index in [0.29, 0.717) is 23.7 Å². The molecular formula is C21H21N3O3S. The molecule has 1 aromatic heterocycles. The number of carbonyl (C=O) groups is 1. The van der Waals surface area contributed by atoms with Crippen molar-refractivity contribution in [2.75, 3.05) is 25.8 Å². The lowest BCUT2D eigenvalue weighted by molar-refractivity contribution is -0.116. The van der Waals surface area contributed by atoms with Crippen molar-refractivity contribution in [1.29, 1.82) is 0 Å². The Kier molecular flexibility index (Phi) is 5.00. The van der Waals surface area contributed by atoms with Crippen LogP contribution in [0.2, 0.25) is 0 Å². The van der Waals surface area contributed by atoms with Crippen LogP contribution in [0.3, 0.4) is 0 Å². The lowest BCUT2D eigenvalue weighted by Gasteiger charge is -2.24. The molecule has 0 saturated carbocycles. The van der Waals surface area contributed by atoms with Crippen molar-refractivity contribution in [1.82, 2.24) is 9.55 Å². The average Bonchev–Trinajstić information content (AvgIpc) is 3.16. The molecule has 6 nitrogen and oxygen atoms in total. The maximum atomic E-state index is 12.5. The highest BCUT2D eigenvalue weighted by Crippen LogP contribution is 2.39. The Bertz CT molecular complexity index is 1010. The third-order valence-electron chi connectivity index (χ3n) is 4.94. The van der Waals surface area contributed by atoms with Gasteiger partial charge in [0.1, 0.15) is 23.6 Å². The quantitative estimate of drug-likeness (QED) is 0.660. The van der Waals surface area contributed by atoms with Crippen LogP contribution in [-0.2, 0) is 4.79 Å². The molecule has 2 heterocycles. The molecule has 2 aromatic carbocycles. The van der Waals surface area contributed by atoms with Crippen LogP contribution in [0.4, 0.5) is 5.82 Å². The highest BCUT2D eigenvalue weighted by atomic mass is 32.2. The van der Waals surface area contributed by atoms with Crippen molar-refractivity contribution in [3.8, 4) is 17.2 Å². The molecule has 1 N–H and O–H groups in total. The van der Waals surface area contributed by atoms with Crippen molar-refractivity contribution < 1.29 is 14.3 Å². The second-order valence-electron chi connectivity index (χ2n) is 6.46. The molecule has 0 saturated heterocycles. The molecule has 1 aliphatic heterocycles. The molecule has 3 aromatic rings. The number of hydrogen-bond acceptors (Lipinski definition) is 5. The first kappa shape index (κ1) is 18.4. The Balaban J connectivity index is 1.81. The molecule has 7 heteroatoms. The van der Waals surface area contributed by atoms with Gasteiger partial charge in [0.25, 0.3) is 0 Å². The second kappa shape index (κ2) is 7.59. The molecule has 0 aliphatic carbocycles. The number of fused-ring (bicyclic) bond motifs is 1. The number of amides is 1. The molecular weight excluding hydrogens is 374 g/mol. The summed E-state index contributed by atoms with van der Waals surface area (Å²) in [5.74, 6) is 1.92. The zero-order chi connectivity index (χ0) is 19.7. The third-order valence-corrected chi connectivity index (χ3v) is 5.68. The number of nitrogens with one attached hydrogen (secondary N) is 1. The smallest absolute Gasteiger partial charge is 0.226 e. The van der Waals surface area contributed by atoms with Gasteiger partial charge in [0.05, 0.1) is 25.6 Å². The van der Waals surface area contributed by atoms with Crippen LogP contribution in [0.1, 0.15) is 23.6 Å². The van der Waals surface area contributed by atoms with Crippen molar-refractivity contribution in [2.45, 2.75) is 17.2 Å². The van der Waals surface area contributed by atoms with Crippen molar-refractivity contribution >= 4 is 23.5 Å². The fraction of sp³-hybridized carbons (Fsp3) is 0.238. The minimum atomic E-state index is -0.0856. The minimum absolute atomic E-state index is 0.0324. The number of benzene rings is 2. The second-order valence-corrected chi connectivity index (χ2v) is 7.34. The zero-order valence-electron chi connectivity index (χ0n) is 15.9. The molecule has 144 valence electrons. The van der Waals surface area contributed by atoms with Gasteiger partial charge >= 0.3 is 0 Å². The molecule has 28 heavy (non-hydrogen) atoms. The monoisotopic (exact) mass is 395 g/mol. The highest BCUT2D eigenvalue weighted by molar-refractivity contribution is 7.98. The van der Waals surface area contributed by atoms with E-state index in [0.717, 1.165) is 16.9 Å². The van der Waals surface area contributed by atoms with Gasteiger partial charge in [0, 0.05) is 23.3 Å². The Morgan fingerprint density at radius 2 is 1.93 bits per heavy atom. The predicted octanol–water partition coefficient (Wildman–Crippen LogP) is 4.09. The summed E-state index contributed by atoms with van der Waals surface area (Å²) in [6, 6.07) is 13.8. The number of imidazole rings is 1. The molecule has 4 rings (SSSR count). The van der Waals surface area contributed by atoms with E-state index in [1.54, 1.807) is 32.3 Å². The summed E-state index contributed by atoms with van der Waals surface area (Å²) in [6.45, 7) is 0. The van der Waals surface area contributed by atoms with E-state index >= 15 is 0 Å². The molecule has 0 fully saturated rings. The summed E-state index contributed by atoms with van der Waals surface area (Å²) in [5.41, 5.74) is 2.69. The van der Waals surface area contributed by atoms with Crippen LogP contribution in [0.25, 0.3) is 5.69 Å². The van der Waals surface area contributed by atoms with Crippen LogP contribution in [0, 0.1) is 0 Å². The molecule has 1 amide bonds. The van der Waals surface area contributed by atoms with E-state index in [2.05, 4.69) is 34.6 Å². The van der Waals surface area contributed by atoms with Gasteiger partial charge in [-0.05, 0) is 36.1 Å². The summed E-state index contributed by atoms with van der Waals surface area (Å²) in [6.07, 6.45) is 4.14. The number of thioether (sulfide) groups is 1. The van der Waals surface area contributed by atoms with Gasteiger partial charge in [0.15, 0.2) is 0 Å². The SMILES string of the molecule is COc1ccc(OC)c(-n2cnc3c2NC(=O)C[C@@H]3c2ccc(SC)cc2)c1. The number of methoxy groups -OCH3 is 2. The van der Waals surface area contributed by atoms with Gasteiger partial charge < -0.3 is 14.8 Å². The predicted molar refractivity (Wildman–Crippen MR) is 110 cm³/mol. The first-order valence-corrected chi connectivity index (χ1v) is 10.1. The zero-order valence-corrected chi connectivity index (χ0v) is 16.7. The molecule has 0 bridgehead atoms. The summed E-state index contributed by atoms with van der Waals surface area (Å²) < 4.78 is 12.7. The molecule has 0 spiro atoms. The molecule has 0 radical (unpaired) electrons. The van der Waals surface area contributed by atoms with Crippen LogP contribution in [0.15, 0.2) is 53.7 Å². The highest BCUT2D eigenvalue weighted by Gasteiger charge is 2.31. The molecule has 1 atom stereocenters. The Labute approximate surface area is 167 Å². The van der Waals surface area contributed by atoms with Crippen molar-refractivity contribution in [3.63, 3.8) is 0 Å². The van der Waals surface area contributed by atoms with E-state index < -0.39 is 0 Å². The summed E-state index contributed by atoms with van der Waals surface area (Å²) in [7, 11) is 3.23. The van der Waals surface area contributed by atoms with Crippen LogP contribution in [0.5, 0.6) is 11.5 Å². The standard InChI is InChI=1S/C21H21N3O3S/c1-26-14-6-9-18(27-2)17(10-14)24-12-22-20-16(11-19(25)23-21(20)24)13-4-7-15(28-3)8-5-13/h4-10,12,16H,11H2,1-3H3,(H,23,25)/t16-/m1/s1. The Morgan fingerprint density at radius 1 is 1.14 bits per heavy atom. The fourth-order valence-corrected chi connectivity index (χ4v) is 3.89. The summed E-state index contributed by atoms with van der Waals surface area (Å²) in [5, 5.41) is 2.98. The topological polar surface area (TPSA) is 65.4 Å². The number of aromatic nitrogens is 2. The van der Waals surface area contributed by atoms with Gasteiger partial charge in [0.2, 0.25) is 5.91 Å². The van der Waals surface area contributed by atoms with Gasteiger partial charge in [-0.3, -0.25) is 9.36 Å². The van der Waals surface area contributed by atoms with Gasteiger partial charge in [-0.2, -0.15) is 0 Å². The van der Waals surface area contributed by atoms with Crippen LogP contribution >= 0.6 is 11.8 Å². The fourth-order valence-electron chi connectivity index (χ4n) is 3.49. The third kappa shape index (κ3) is 3.22.